The Bertz CT molecular complexity index is 339. The van der Waals surface area contributed by atoms with Gasteiger partial charge in [-0.3, -0.25) is 0 Å². The maximum atomic E-state index is 5.75. The van der Waals surface area contributed by atoms with Crippen molar-refractivity contribution in [3.05, 3.63) is 23.8 Å². The molecule has 4 heteroatoms. The molecule has 17 heavy (non-hydrogen) atoms. The molecule has 0 aliphatic rings. The van der Waals surface area contributed by atoms with Gasteiger partial charge in [0.2, 0.25) is 0 Å². The maximum Gasteiger partial charge on any atom is 0.161 e. The minimum atomic E-state index is 0.221. The first-order chi connectivity index (χ1) is 8.17. The van der Waals surface area contributed by atoms with Crippen LogP contribution in [0.3, 0.4) is 0 Å². The Morgan fingerprint density at radius 1 is 1.18 bits per heavy atom. The first-order valence-corrected chi connectivity index (χ1v) is 6.18. The van der Waals surface area contributed by atoms with E-state index in [0.29, 0.717) is 30.6 Å². The summed E-state index contributed by atoms with van der Waals surface area (Å²) in [7, 11) is 1.62. The third-order valence-electron chi connectivity index (χ3n) is 2.17. The summed E-state index contributed by atoms with van der Waals surface area (Å²) >= 11 is 5.75. The van der Waals surface area contributed by atoms with Crippen molar-refractivity contribution >= 4 is 11.6 Å². The highest BCUT2D eigenvalue weighted by Crippen LogP contribution is 2.28. The summed E-state index contributed by atoms with van der Waals surface area (Å²) in [4.78, 5) is 0. The van der Waals surface area contributed by atoms with E-state index < -0.39 is 0 Å². The van der Waals surface area contributed by atoms with E-state index in [-0.39, 0.29) is 6.10 Å². The van der Waals surface area contributed by atoms with Crippen molar-refractivity contribution in [1.29, 1.82) is 0 Å². The second-order valence-corrected chi connectivity index (χ2v) is 4.15. The van der Waals surface area contributed by atoms with Crippen molar-refractivity contribution in [2.24, 2.45) is 0 Å². The van der Waals surface area contributed by atoms with Crippen molar-refractivity contribution in [1.82, 2.24) is 0 Å². The fraction of sp³-hybridized carbons (Fsp3) is 0.538. The molecule has 0 aliphatic carbocycles. The fourth-order valence-electron chi connectivity index (χ4n) is 1.35. The quantitative estimate of drug-likeness (QED) is 0.555. The molecule has 0 fully saturated rings. The van der Waals surface area contributed by atoms with Gasteiger partial charge in [0.15, 0.2) is 11.5 Å². The van der Waals surface area contributed by atoms with Crippen LogP contribution in [0, 0.1) is 0 Å². The lowest BCUT2D eigenvalue weighted by Gasteiger charge is -2.12. The highest BCUT2D eigenvalue weighted by Gasteiger charge is 2.05. The molecule has 1 rings (SSSR count). The van der Waals surface area contributed by atoms with Crippen LogP contribution in [0.5, 0.6) is 11.5 Å². The number of halogens is 1. The van der Waals surface area contributed by atoms with Crippen molar-refractivity contribution in [2.45, 2.75) is 25.8 Å². The Morgan fingerprint density at radius 3 is 2.53 bits per heavy atom. The molecule has 0 N–H and O–H groups in total. The van der Waals surface area contributed by atoms with Gasteiger partial charge in [-0.25, -0.2) is 0 Å². The summed E-state index contributed by atoms with van der Waals surface area (Å²) in [6.07, 6.45) is 0.221. The Balaban J connectivity index is 2.52. The average molecular weight is 259 g/mol. The minimum Gasteiger partial charge on any atom is -0.493 e. The van der Waals surface area contributed by atoms with Gasteiger partial charge in [-0.15, -0.1) is 11.6 Å². The lowest BCUT2D eigenvalue weighted by atomic mass is 10.2. The Labute approximate surface area is 108 Å². The van der Waals surface area contributed by atoms with Crippen LogP contribution in [0.25, 0.3) is 0 Å². The van der Waals surface area contributed by atoms with E-state index in [1.165, 1.54) is 0 Å². The van der Waals surface area contributed by atoms with Crippen LogP contribution in [-0.2, 0) is 10.6 Å². The van der Waals surface area contributed by atoms with E-state index >= 15 is 0 Å². The number of hydrogen-bond donors (Lipinski definition) is 0. The number of alkyl halides is 1. The Morgan fingerprint density at radius 2 is 1.94 bits per heavy atom. The van der Waals surface area contributed by atoms with E-state index in [4.69, 9.17) is 25.8 Å². The second kappa shape index (κ2) is 7.41. The molecule has 0 radical (unpaired) electrons. The van der Waals surface area contributed by atoms with Gasteiger partial charge in [-0.05, 0) is 31.5 Å². The molecule has 1 aromatic rings. The number of hydrogen-bond acceptors (Lipinski definition) is 3. The van der Waals surface area contributed by atoms with E-state index in [9.17, 15) is 0 Å². The van der Waals surface area contributed by atoms with Crippen molar-refractivity contribution in [2.75, 3.05) is 20.3 Å². The van der Waals surface area contributed by atoms with Gasteiger partial charge in [0.25, 0.3) is 0 Å². The monoisotopic (exact) mass is 258 g/mol. The van der Waals surface area contributed by atoms with E-state index in [0.717, 1.165) is 5.56 Å². The summed E-state index contributed by atoms with van der Waals surface area (Å²) in [5.41, 5.74) is 1.01. The molecular formula is C13H19ClO3. The molecule has 0 heterocycles. The topological polar surface area (TPSA) is 27.7 Å². The molecule has 3 nitrogen and oxygen atoms in total. The zero-order valence-electron chi connectivity index (χ0n) is 10.5. The third-order valence-corrected chi connectivity index (χ3v) is 2.48. The second-order valence-electron chi connectivity index (χ2n) is 3.89. The number of benzene rings is 1. The van der Waals surface area contributed by atoms with Gasteiger partial charge in [-0.1, -0.05) is 6.07 Å². The molecule has 0 spiro atoms. The zero-order chi connectivity index (χ0) is 12.7. The highest BCUT2D eigenvalue weighted by atomic mass is 35.5. The van der Waals surface area contributed by atoms with Crippen molar-refractivity contribution in [3.8, 4) is 11.5 Å². The summed E-state index contributed by atoms with van der Waals surface area (Å²) in [6.45, 7) is 5.07. The largest absolute Gasteiger partial charge is 0.493 e. The van der Waals surface area contributed by atoms with Crippen LogP contribution in [-0.4, -0.2) is 26.4 Å². The smallest absolute Gasteiger partial charge is 0.161 e. The molecule has 0 saturated carbocycles. The molecule has 0 aromatic heterocycles. The number of rotatable bonds is 7. The Kier molecular flexibility index (Phi) is 6.16. The molecule has 0 unspecified atom stereocenters. The molecule has 0 atom stereocenters. The average Bonchev–Trinajstić information content (AvgIpc) is 2.34. The van der Waals surface area contributed by atoms with Gasteiger partial charge >= 0.3 is 0 Å². The minimum absolute atomic E-state index is 0.221. The summed E-state index contributed by atoms with van der Waals surface area (Å²) < 4.78 is 16.2. The highest BCUT2D eigenvalue weighted by molar-refractivity contribution is 6.17. The number of ether oxygens (including phenoxy) is 3. The number of methoxy groups -OCH3 is 1. The third kappa shape index (κ3) is 4.84. The first kappa shape index (κ1) is 14.1. The molecule has 0 amide bonds. The maximum absolute atomic E-state index is 5.75. The normalized spacial score (nSPS) is 10.6. The van der Waals surface area contributed by atoms with E-state index in [1.54, 1.807) is 7.11 Å². The predicted octanol–water partition coefficient (Wildman–Crippen LogP) is 3.24. The van der Waals surface area contributed by atoms with Crippen LogP contribution < -0.4 is 9.47 Å². The zero-order valence-corrected chi connectivity index (χ0v) is 11.3. The molecule has 0 aliphatic heterocycles. The lowest BCUT2D eigenvalue weighted by Crippen LogP contribution is -2.11. The standard InChI is InChI=1S/C13H19ClO3/c1-10(2)16-6-7-17-12-5-4-11(9-14)8-13(12)15-3/h4-5,8,10H,6-7,9H2,1-3H3. The van der Waals surface area contributed by atoms with Gasteiger partial charge in [0.1, 0.15) is 6.61 Å². The van der Waals surface area contributed by atoms with Crippen LogP contribution in [0.1, 0.15) is 19.4 Å². The SMILES string of the molecule is COc1cc(CCl)ccc1OCCOC(C)C. The van der Waals surface area contributed by atoms with Gasteiger partial charge in [-0.2, -0.15) is 0 Å². The van der Waals surface area contributed by atoms with Crippen LogP contribution in [0.2, 0.25) is 0 Å². The lowest BCUT2D eigenvalue weighted by molar-refractivity contribution is 0.0547. The van der Waals surface area contributed by atoms with Gasteiger partial charge in [0.05, 0.1) is 19.8 Å². The van der Waals surface area contributed by atoms with E-state index in [2.05, 4.69) is 0 Å². The summed E-state index contributed by atoms with van der Waals surface area (Å²) in [6, 6.07) is 5.67. The van der Waals surface area contributed by atoms with Crippen LogP contribution in [0.4, 0.5) is 0 Å². The van der Waals surface area contributed by atoms with Crippen molar-refractivity contribution in [3.63, 3.8) is 0 Å². The molecule has 1 aromatic carbocycles. The predicted molar refractivity (Wildman–Crippen MR) is 69.1 cm³/mol. The first-order valence-electron chi connectivity index (χ1n) is 5.64. The van der Waals surface area contributed by atoms with Crippen molar-refractivity contribution < 1.29 is 14.2 Å². The molecule has 96 valence electrons. The molecular weight excluding hydrogens is 240 g/mol. The van der Waals surface area contributed by atoms with Crippen LogP contribution >= 0.6 is 11.6 Å². The van der Waals surface area contributed by atoms with Gasteiger partial charge in [0, 0.05) is 5.88 Å². The molecule has 0 saturated heterocycles. The fourth-order valence-corrected chi connectivity index (χ4v) is 1.52. The van der Waals surface area contributed by atoms with E-state index in [1.807, 2.05) is 32.0 Å². The molecule has 0 bridgehead atoms. The Hall–Kier alpha value is -0.930. The summed E-state index contributed by atoms with van der Waals surface area (Å²) in [5.74, 6) is 1.88. The summed E-state index contributed by atoms with van der Waals surface area (Å²) in [5, 5.41) is 0. The van der Waals surface area contributed by atoms with Gasteiger partial charge < -0.3 is 14.2 Å². The van der Waals surface area contributed by atoms with Crippen LogP contribution in [0.15, 0.2) is 18.2 Å².